The number of halogens is 1. The molecule has 0 aliphatic carbocycles. The van der Waals surface area contributed by atoms with Gasteiger partial charge in [-0.05, 0) is 37.5 Å². The Morgan fingerprint density at radius 2 is 2.00 bits per heavy atom. The summed E-state index contributed by atoms with van der Waals surface area (Å²) in [4.78, 5) is 12.7. The van der Waals surface area contributed by atoms with E-state index in [1.165, 1.54) is 0 Å². The molecule has 1 aromatic rings. The minimum Gasteiger partial charge on any atom is -0.394 e. The van der Waals surface area contributed by atoms with Gasteiger partial charge in [-0.1, -0.05) is 28.1 Å². The molecule has 0 saturated carbocycles. The molecule has 1 saturated heterocycles. The molecule has 4 nitrogen and oxygen atoms in total. The molecule has 0 spiro atoms. The van der Waals surface area contributed by atoms with Crippen molar-refractivity contribution in [2.45, 2.75) is 31.2 Å². The highest BCUT2D eigenvalue weighted by atomic mass is 79.9. The smallest absolute Gasteiger partial charge is 0.231 e. The van der Waals surface area contributed by atoms with E-state index in [4.69, 9.17) is 9.84 Å². The maximum Gasteiger partial charge on any atom is 0.231 e. The predicted octanol–water partition coefficient (Wildman–Crippen LogP) is 1.99. The Hall–Kier alpha value is -0.910. The van der Waals surface area contributed by atoms with Crippen LogP contribution in [0.5, 0.6) is 0 Å². The first kappa shape index (κ1) is 15.5. The Morgan fingerprint density at radius 3 is 2.55 bits per heavy atom. The lowest BCUT2D eigenvalue weighted by Gasteiger charge is -2.37. The molecule has 2 N–H and O–H groups in total. The molecule has 0 radical (unpaired) electrons. The monoisotopic (exact) mass is 341 g/mol. The predicted molar refractivity (Wildman–Crippen MR) is 80.6 cm³/mol. The van der Waals surface area contributed by atoms with Crippen molar-refractivity contribution in [2.75, 3.05) is 19.8 Å². The Kier molecular flexibility index (Phi) is 5.18. The number of rotatable bonds is 4. The topological polar surface area (TPSA) is 58.6 Å². The zero-order valence-electron chi connectivity index (χ0n) is 11.6. The van der Waals surface area contributed by atoms with Gasteiger partial charge in [0.25, 0.3) is 0 Å². The summed E-state index contributed by atoms with van der Waals surface area (Å²) < 4.78 is 6.41. The molecular weight excluding hydrogens is 322 g/mol. The average molecular weight is 342 g/mol. The highest BCUT2D eigenvalue weighted by Gasteiger charge is 2.41. The molecule has 1 fully saturated rings. The van der Waals surface area contributed by atoms with Crippen LogP contribution in [-0.2, 0) is 14.9 Å². The van der Waals surface area contributed by atoms with Crippen molar-refractivity contribution in [1.29, 1.82) is 0 Å². The summed E-state index contributed by atoms with van der Waals surface area (Å²) in [5.41, 5.74) is 0.453. The van der Waals surface area contributed by atoms with E-state index in [1.54, 1.807) is 6.92 Å². The molecule has 1 unspecified atom stereocenters. The van der Waals surface area contributed by atoms with Crippen LogP contribution in [0.25, 0.3) is 0 Å². The number of carbonyl (C=O) groups is 1. The minimum absolute atomic E-state index is 0.0235. The van der Waals surface area contributed by atoms with E-state index in [0.29, 0.717) is 26.1 Å². The third-order valence-corrected chi connectivity index (χ3v) is 4.36. The fourth-order valence-corrected chi connectivity index (χ4v) is 2.81. The second kappa shape index (κ2) is 6.70. The lowest BCUT2D eigenvalue weighted by atomic mass is 9.73. The SMILES string of the molecule is CC(CO)NC(=O)C1(c2ccc(Br)cc2)CCOCC1. The van der Waals surface area contributed by atoms with Crippen LogP contribution in [0.4, 0.5) is 0 Å². The van der Waals surface area contributed by atoms with Crippen LogP contribution in [0, 0.1) is 0 Å². The summed E-state index contributed by atoms with van der Waals surface area (Å²) >= 11 is 3.42. The second-order valence-electron chi connectivity index (χ2n) is 5.26. The van der Waals surface area contributed by atoms with Gasteiger partial charge >= 0.3 is 0 Å². The molecule has 1 aliphatic rings. The number of aliphatic hydroxyl groups is 1. The fourth-order valence-electron chi connectivity index (χ4n) is 2.54. The first-order chi connectivity index (χ1) is 9.58. The van der Waals surface area contributed by atoms with Gasteiger partial charge in [0.05, 0.1) is 12.0 Å². The van der Waals surface area contributed by atoms with E-state index < -0.39 is 5.41 Å². The molecule has 5 heteroatoms. The standard InChI is InChI=1S/C15H20BrNO3/c1-11(10-18)17-14(19)15(6-8-20-9-7-15)12-2-4-13(16)5-3-12/h2-5,11,18H,6-10H2,1H3,(H,17,19). The first-order valence-electron chi connectivity index (χ1n) is 6.84. The highest BCUT2D eigenvalue weighted by Crippen LogP contribution is 2.35. The maximum absolute atomic E-state index is 12.7. The van der Waals surface area contributed by atoms with Gasteiger partial charge in [0, 0.05) is 23.7 Å². The number of amides is 1. The molecule has 1 aromatic carbocycles. The van der Waals surface area contributed by atoms with Crippen LogP contribution in [0.15, 0.2) is 28.7 Å². The molecule has 110 valence electrons. The number of hydrogen-bond acceptors (Lipinski definition) is 3. The molecule has 2 rings (SSSR count). The van der Waals surface area contributed by atoms with Crippen molar-refractivity contribution in [1.82, 2.24) is 5.32 Å². The zero-order chi connectivity index (χ0) is 14.6. The third kappa shape index (κ3) is 3.22. The summed E-state index contributed by atoms with van der Waals surface area (Å²) in [6, 6.07) is 7.64. The fraction of sp³-hybridized carbons (Fsp3) is 0.533. The molecular formula is C15H20BrNO3. The van der Waals surface area contributed by atoms with Crippen molar-refractivity contribution < 1.29 is 14.6 Å². The zero-order valence-corrected chi connectivity index (χ0v) is 13.1. The van der Waals surface area contributed by atoms with Crippen molar-refractivity contribution in [3.63, 3.8) is 0 Å². The van der Waals surface area contributed by atoms with Gasteiger partial charge < -0.3 is 15.2 Å². The van der Waals surface area contributed by atoms with Gasteiger partial charge in [-0.25, -0.2) is 0 Å². The molecule has 20 heavy (non-hydrogen) atoms. The van der Waals surface area contributed by atoms with Crippen molar-refractivity contribution in [2.24, 2.45) is 0 Å². The number of nitrogens with one attached hydrogen (secondary N) is 1. The summed E-state index contributed by atoms with van der Waals surface area (Å²) in [6.07, 6.45) is 1.33. The summed E-state index contributed by atoms with van der Waals surface area (Å²) in [7, 11) is 0. The largest absolute Gasteiger partial charge is 0.394 e. The Labute approximate surface area is 127 Å². The van der Waals surface area contributed by atoms with Crippen LogP contribution in [0.1, 0.15) is 25.3 Å². The lowest BCUT2D eigenvalue weighted by molar-refractivity contribution is -0.131. The lowest BCUT2D eigenvalue weighted by Crippen LogP contribution is -2.51. The van der Waals surface area contributed by atoms with Gasteiger partial charge in [0.1, 0.15) is 0 Å². The van der Waals surface area contributed by atoms with Crippen LogP contribution >= 0.6 is 15.9 Å². The molecule has 1 amide bonds. The van der Waals surface area contributed by atoms with Gasteiger partial charge in [0.2, 0.25) is 5.91 Å². The third-order valence-electron chi connectivity index (χ3n) is 3.83. The quantitative estimate of drug-likeness (QED) is 0.880. The number of aliphatic hydroxyl groups excluding tert-OH is 1. The number of benzene rings is 1. The van der Waals surface area contributed by atoms with Crippen LogP contribution in [0.2, 0.25) is 0 Å². The van der Waals surface area contributed by atoms with Crippen LogP contribution < -0.4 is 5.32 Å². The number of ether oxygens (including phenoxy) is 1. The minimum atomic E-state index is -0.553. The first-order valence-corrected chi connectivity index (χ1v) is 7.63. The summed E-state index contributed by atoms with van der Waals surface area (Å²) in [5, 5.41) is 12.0. The van der Waals surface area contributed by atoms with E-state index in [2.05, 4.69) is 21.2 Å². The van der Waals surface area contributed by atoms with Crippen molar-refractivity contribution in [3.05, 3.63) is 34.3 Å². The van der Waals surface area contributed by atoms with Crippen LogP contribution in [0.3, 0.4) is 0 Å². The Bertz CT molecular complexity index is 455. The Balaban J connectivity index is 2.29. The van der Waals surface area contributed by atoms with E-state index in [9.17, 15) is 4.79 Å². The average Bonchev–Trinajstić information content (AvgIpc) is 2.48. The molecule has 0 aromatic heterocycles. The maximum atomic E-state index is 12.7. The van der Waals surface area contributed by atoms with Crippen molar-refractivity contribution >= 4 is 21.8 Å². The highest BCUT2D eigenvalue weighted by molar-refractivity contribution is 9.10. The summed E-state index contributed by atoms with van der Waals surface area (Å²) in [6.45, 7) is 2.90. The van der Waals surface area contributed by atoms with E-state index in [1.807, 2.05) is 24.3 Å². The molecule has 0 bridgehead atoms. The number of carbonyl (C=O) groups excluding carboxylic acids is 1. The van der Waals surface area contributed by atoms with Gasteiger partial charge in [-0.3, -0.25) is 4.79 Å². The normalized spacial score (nSPS) is 19.4. The molecule has 1 aliphatic heterocycles. The molecule has 1 heterocycles. The van der Waals surface area contributed by atoms with E-state index in [0.717, 1.165) is 10.0 Å². The molecule has 1 atom stereocenters. The second-order valence-corrected chi connectivity index (χ2v) is 6.17. The van der Waals surface area contributed by atoms with Gasteiger partial charge in [0.15, 0.2) is 0 Å². The Morgan fingerprint density at radius 1 is 1.40 bits per heavy atom. The van der Waals surface area contributed by atoms with Crippen LogP contribution in [-0.4, -0.2) is 36.9 Å². The van der Waals surface area contributed by atoms with E-state index >= 15 is 0 Å². The van der Waals surface area contributed by atoms with E-state index in [-0.39, 0.29) is 18.6 Å². The van der Waals surface area contributed by atoms with Crippen molar-refractivity contribution in [3.8, 4) is 0 Å². The van der Waals surface area contributed by atoms with Gasteiger partial charge in [-0.2, -0.15) is 0 Å². The summed E-state index contributed by atoms with van der Waals surface area (Å²) in [5.74, 6) is -0.0235. The number of hydrogen-bond donors (Lipinski definition) is 2. The van der Waals surface area contributed by atoms with Gasteiger partial charge in [-0.15, -0.1) is 0 Å².